The summed E-state index contributed by atoms with van der Waals surface area (Å²) in [5, 5.41) is 0.588. The van der Waals surface area contributed by atoms with E-state index in [1.165, 1.54) is 37.6 Å². The summed E-state index contributed by atoms with van der Waals surface area (Å²) in [6.07, 6.45) is 0. The number of ether oxygens (including phenoxy) is 1. The fourth-order valence-corrected chi connectivity index (χ4v) is 4.90. The predicted octanol–water partition coefficient (Wildman–Crippen LogP) is 3.15. The van der Waals surface area contributed by atoms with E-state index in [1.807, 2.05) is 44.1 Å². The van der Waals surface area contributed by atoms with Gasteiger partial charge < -0.3 is 9.64 Å². The molecule has 0 aliphatic heterocycles. The monoisotopic (exact) mass is 476 g/mol. The van der Waals surface area contributed by atoms with E-state index in [9.17, 15) is 13.2 Å². The lowest BCUT2D eigenvalue weighted by Crippen LogP contribution is -2.36. The van der Waals surface area contributed by atoms with Gasteiger partial charge in [0.25, 0.3) is 5.91 Å². The molecule has 0 radical (unpaired) electrons. The summed E-state index contributed by atoms with van der Waals surface area (Å²) in [5.74, 6) is 0.531. The third-order valence-corrected chi connectivity index (χ3v) is 7.66. The molecule has 1 aromatic heterocycles. The molecule has 0 unspecified atom stereocenters. The average Bonchev–Trinajstić information content (AvgIpc) is 3.16. The van der Waals surface area contributed by atoms with Gasteiger partial charge in [0.1, 0.15) is 5.75 Å². The Balaban J connectivity index is 1.95. The van der Waals surface area contributed by atoms with Crippen molar-refractivity contribution in [2.24, 2.45) is 0 Å². The normalized spacial score (nSPS) is 12.0. The van der Waals surface area contributed by atoms with E-state index in [4.69, 9.17) is 4.74 Å². The number of amides is 1. The molecule has 10 heteroatoms. The van der Waals surface area contributed by atoms with Crippen LogP contribution in [0.3, 0.4) is 0 Å². The Labute approximate surface area is 193 Å². The Morgan fingerprint density at radius 1 is 1.03 bits per heavy atom. The van der Waals surface area contributed by atoms with Gasteiger partial charge in [-0.1, -0.05) is 11.3 Å². The molecule has 2 aromatic carbocycles. The van der Waals surface area contributed by atoms with Gasteiger partial charge in [0.15, 0.2) is 5.13 Å². The minimum atomic E-state index is -3.56. The maximum Gasteiger partial charge on any atom is 0.260 e. The van der Waals surface area contributed by atoms with Gasteiger partial charge in [-0.2, -0.15) is 0 Å². The van der Waals surface area contributed by atoms with Crippen molar-refractivity contribution in [1.29, 1.82) is 0 Å². The van der Waals surface area contributed by atoms with Gasteiger partial charge >= 0.3 is 0 Å². The molecule has 3 rings (SSSR count). The van der Waals surface area contributed by atoms with Crippen LogP contribution < -0.4 is 9.64 Å². The molecule has 0 saturated carbocycles. The van der Waals surface area contributed by atoms with Crippen molar-refractivity contribution in [2.45, 2.75) is 11.8 Å². The number of carbonyl (C=O) groups excluding carboxylic acids is 1. The number of nitrogens with zero attached hydrogens (tertiary/aromatic N) is 4. The zero-order valence-electron chi connectivity index (χ0n) is 18.9. The van der Waals surface area contributed by atoms with Gasteiger partial charge in [0, 0.05) is 32.7 Å². The molecule has 172 valence electrons. The molecular formula is C22H28N4O4S2. The van der Waals surface area contributed by atoms with Crippen LogP contribution in [0.5, 0.6) is 5.75 Å². The molecular weight excluding hydrogens is 448 g/mol. The highest BCUT2D eigenvalue weighted by Gasteiger charge is 2.23. The van der Waals surface area contributed by atoms with Crippen molar-refractivity contribution in [3.05, 3.63) is 48.0 Å². The lowest BCUT2D eigenvalue weighted by Gasteiger charge is -2.22. The molecule has 0 aliphatic carbocycles. The van der Waals surface area contributed by atoms with Crippen LogP contribution in [0.1, 0.15) is 17.3 Å². The first-order chi connectivity index (χ1) is 15.1. The smallest absolute Gasteiger partial charge is 0.260 e. The Morgan fingerprint density at radius 3 is 2.31 bits per heavy atom. The molecule has 0 bridgehead atoms. The Bertz CT molecular complexity index is 1190. The molecule has 8 nitrogen and oxygen atoms in total. The van der Waals surface area contributed by atoms with Gasteiger partial charge in [-0.25, -0.2) is 17.7 Å². The molecule has 0 saturated heterocycles. The zero-order valence-corrected chi connectivity index (χ0v) is 20.5. The topological polar surface area (TPSA) is 83.0 Å². The number of hydrogen-bond donors (Lipinski definition) is 0. The summed E-state index contributed by atoms with van der Waals surface area (Å²) in [6.45, 7) is 3.60. The zero-order chi connectivity index (χ0) is 23.5. The van der Waals surface area contributed by atoms with Gasteiger partial charge in [-0.3, -0.25) is 9.69 Å². The molecule has 0 aliphatic rings. The van der Waals surface area contributed by atoms with E-state index in [-0.39, 0.29) is 10.8 Å². The number of carbonyl (C=O) groups is 1. The van der Waals surface area contributed by atoms with Crippen molar-refractivity contribution in [3.8, 4) is 5.75 Å². The lowest BCUT2D eigenvalue weighted by molar-refractivity contribution is 0.0985. The van der Waals surface area contributed by atoms with E-state index >= 15 is 0 Å². The second-order valence-corrected chi connectivity index (χ2v) is 10.8. The average molecular weight is 477 g/mol. The molecule has 32 heavy (non-hydrogen) atoms. The third kappa shape index (κ3) is 5.26. The largest absolute Gasteiger partial charge is 0.494 e. The van der Waals surface area contributed by atoms with Gasteiger partial charge in [-0.15, -0.1) is 0 Å². The third-order valence-electron chi connectivity index (χ3n) is 4.79. The van der Waals surface area contributed by atoms with Crippen LogP contribution in [0.2, 0.25) is 0 Å². The van der Waals surface area contributed by atoms with E-state index < -0.39 is 10.0 Å². The van der Waals surface area contributed by atoms with Crippen LogP contribution in [0.25, 0.3) is 10.2 Å². The summed E-state index contributed by atoms with van der Waals surface area (Å²) < 4.78 is 32.3. The standard InChI is InChI=1S/C22H28N4O4S2/c1-6-30-17-9-12-19-20(15-17)31-22(23-19)26(14-13-24(2)3)21(27)16-7-10-18(11-8-16)32(28,29)25(4)5/h7-12,15H,6,13-14H2,1-5H3. The van der Waals surface area contributed by atoms with Gasteiger partial charge in [0.05, 0.1) is 21.7 Å². The van der Waals surface area contributed by atoms with Crippen LogP contribution >= 0.6 is 11.3 Å². The molecule has 3 aromatic rings. The number of sulfonamides is 1. The van der Waals surface area contributed by atoms with Crippen LogP contribution in [0, 0.1) is 0 Å². The number of hydrogen-bond acceptors (Lipinski definition) is 7. The first-order valence-corrected chi connectivity index (χ1v) is 12.4. The van der Waals surface area contributed by atoms with Crippen LogP contribution in [-0.2, 0) is 10.0 Å². The molecule has 0 fully saturated rings. The maximum absolute atomic E-state index is 13.4. The molecule has 1 amide bonds. The number of fused-ring (bicyclic) bond motifs is 1. The molecule has 0 spiro atoms. The summed E-state index contributed by atoms with van der Waals surface area (Å²) in [5.41, 5.74) is 1.19. The van der Waals surface area contributed by atoms with E-state index in [0.29, 0.717) is 30.4 Å². The van der Waals surface area contributed by atoms with Crippen molar-refractivity contribution < 1.29 is 17.9 Å². The summed E-state index contributed by atoms with van der Waals surface area (Å²) in [6, 6.07) is 11.7. The number of thiazole rings is 1. The van der Waals surface area contributed by atoms with E-state index in [0.717, 1.165) is 20.3 Å². The van der Waals surface area contributed by atoms with E-state index in [1.54, 1.807) is 17.0 Å². The van der Waals surface area contributed by atoms with Crippen LogP contribution in [0.15, 0.2) is 47.4 Å². The van der Waals surface area contributed by atoms with Crippen molar-refractivity contribution >= 4 is 42.6 Å². The quantitative estimate of drug-likeness (QED) is 0.472. The molecule has 0 N–H and O–H groups in total. The maximum atomic E-state index is 13.4. The lowest BCUT2D eigenvalue weighted by atomic mass is 10.2. The molecule has 1 heterocycles. The number of benzene rings is 2. The second kappa shape index (κ2) is 9.95. The van der Waals surface area contributed by atoms with Crippen LogP contribution in [-0.4, -0.2) is 76.4 Å². The molecule has 0 atom stereocenters. The van der Waals surface area contributed by atoms with Gasteiger partial charge in [0.2, 0.25) is 10.0 Å². The number of rotatable bonds is 9. The van der Waals surface area contributed by atoms with Crippen LogP contribution in [0.4, 0.5) is 5.13 Å². The predicted molar refractivity (Wildman–Crippen MR) is 128 cm³/mol. The first-order valence-electron chi connectivity index (χ1n) is 10.2. The highest BCUT2D eigenvalue weighted by Crippen LogP contribution is 2.32. The fraction of sp³-hybridized carbons (Fsp3) is 0.364. The fourth-order valence-electron chi connectivity index (χ4n) is 2.98. The van der Waals surface area contributed by atoms with Crippen molar-refractivity contribution in [3.63, 3.8) is 0 Å². The Hall–Kier alpha value is -2.53. The summed E-state index contributed by atoms with van der Waals surface area (Å²) in [7, 11) is 3.27. The number of anilines is 1. The highest BCUT2D eigenvalue weighted by atomic mass is 32.2. The Kier molecular flexibility index (Phi) is 7.50. The summed E-state index contributed by atoms with van der Waals surface area (Å²) >= 11 is 1.42. The SMILES string of the molecule is CCOc1ccc2nc(N(CCN(C)C)C(=O)c3ccc(S(=O)(=O)N(C)C)cc3)sc2c1. The minimum absolute atomic E-state index is 0.141. The van der Waals surface area contributed by atoms with E-state index in [2.05, 4.69) is 4.98 Å². The minimum Gasteiger partial charge on any atom is -0.494 e. The van der Waals surface area contributed by atoms with Crippen molar-refractivity contribution in [1.82, 2.24) is 14.2 Å². The Morgan fingerprint density at radius 2 is 1.72 bits per heavy atom. The van der Waals surface area contributed by atoms with Crippen molar-refractivity contribution in [2.75, 3.05) is 52.8 Å². The highest BCUT2D eigenvalue weighted by molar-refractivity contribution is 7.89. The first kappa shape index (κ1) is 24.1. The number of aromatic nitrogens is 1. The van der Waals surface area contributed by atoms with Gasteiger partial charge in [-0.05, 0) is 63.5 Å². The number of likely N-dealkylation sites (N-methyl/N-ethyl adjacent to an activating group) is 1. The second-order valence-electron chi connectivity index (χ2n) is 7.63. The summed E-state index contributed by atoms with van der Waals surface area (Å²) in [4.78, 5) is 21.8.